The molecule has 8 heteroatoms. The Kier molecular flexibility index (Phi) is 7.44. The molecule has 0 bridgehead atoms. The SMILES string of the molecule is CCCNC(=O)Cc1ccc(-n2c(=O)c3ccccc3n(CC(=O)Nc3cccc(C)c3)c2=O)cc1. The van der Waals surface area contributed by atoms with Crippen LogP contribution in [-0.2, 0) is 22.6 Å². The monoisotopic (exact) mass is 484 g/mol. The molecule has 0 unspecified atom stereocenters. The fourth-order valence-corrected chi connectivity index (χ4v) is 4.04. The van der Waals surface area contributed by atoms with Crippen LogP contribution < -0.4 is 21.9 Å². The smallest absolute Gasteiger partial charge is 0.336 e. The van der Waals surface area contributed by atoms with E-state index in [1.165, 1.54) is 4.57 Å². The molecule has 2 amide bonds. The Morgan fingerprint density at radius 3 is 2.36 bits per heavy atom. The Morgan fingerprint density at radius 2 is 1.64 bits per heavy atom. The topological polar surface area (TPSA) is 102 Å². The summed E-state index contributed by atoms with van der Waals surface area (Å²) in [4.78, 5) is 51.7. The third-order valence-electron chi connectivity index (χ3n) is 5.79. The van der Waals surface area contributed by atoms with Gasteiger partial charge in [0.15, 0.2) is 0 Å². The van der Waals surface area contributed by atoms with Crippen molar-refractivity contribution in [2.24, 2.45) is 0 Å². The molecule has 0 atom stereocenters. The molecule has 3 aromatic carbocycles. The van der Waals surface area contributed by atoms with Crippen LogP contribution in [0.15, 0.2) is 82.4 Å². The molecule has 0 aliphatic carbocycles. The van der Waals surface area contributed by atoms with Crippen LogP contribution in [0.4, 0.5) is 5.69 Å². The number of hydrogen-bond acceptors (Lipinski definition) is 4. The second-order valence-corrected chi connectivity index (χ2v) is 8.64. The molecular weight excluding hydrogens is 456 g/mol. The first-order chi connectivity index (χ1) is 17.4. The minimum Gasteiger partial charge on any atom is -0.356 e. The lowest BCUT2D eigenvalue weighted by molar-refractivity contribution is -0.120. The first kappa shape index (κ1) is 24.7. The van der Waals surface area contributed by atoms with Gasteiger partial charge >= 0.3 is 5.69 Å². The van der Waals surface area contributed by atoms with Gasteiger partial charge in [-0.05, 0) is 60.9 Å². The largest absolute Gasteiger partial charge is 0.356 e. The van der Waals surface area contributed by atoms with E-state index in [4.69, 9.17) is 0 Å². The van der Waals surface area contributed by atoms with Gasteiger partial charge in [-0.3, -0.25) is 19.0 Å². The van der Waals surface area contributed by atoms with Crippen LogP contribution in [0, 0.1) is 6.92 Å². The van der Waals surface area contributed by atoms with Crippen LogP contribution in [0.3, 0.4) is 0 Å². The van der Waals surface area contributed by atoms with Crippen molar-refractivity contribution in [1.29, 1.82) is 0 Å². The zero-order valence-corrected chi connectivity index (χ0v) is 20.3. The van der Waals surface area contributed by atoms with Gasteiger partial charge in [0, 0.05) is 12.2 Å². The third-order valence-corrected chi connectivity index (χ3v) is 5.79. The number of aromatic nitrogens is 2. The number of hydrogen-bond donors (Lipinski definition) is 2. The summed E-state index contributed by atoms with van der Waals surface area (Å²) in [6.07, 6.45) is 1.06. The number of rotatable bonds is 8. The van der Waals surface area contributed by atoms with Crippen molar-refractivity contribution in [2.75, 3.05) is 11.9 Å². The van der Waals surface area contributed by atoms with E-state index in [1.54, 1.807) is 54.6 Å². The molecule has 4 rings (SSSR count). The maximum absolute atomic E-state index is 13.5. The number of aryl methyl sites for hydroxylation is 1. The van der Waals surface area contributed by atoms with Crippen molar-refractivity contribution in [1.82, 2.24) is 14.5 Å². The minimum atomic E-state index is -0.619. The van der Waals surface area contributed by atoms with Gasteiger partial charge in [0.1, 0.15) is 6.54 Å². The average molecular weight is 485 g/mol. The highest BCUT2D eigenvalue weighted by Gasteiger charge is 2.17. The van der Waals surface area contributed by atoms with E-state index in [2.05, 4.69) is 10.6 Å². The normalized spacial score (nSPS) is 10.8. The molecule has 0 aliphatic heterocycles. The summed E-state index contributed by atoms with van der Waals surface area (Å²) in [6.45, 7) is 4.26. The van der Waals surface area contributed by atoms with Crippen molar-refractivity contribution >= 4 is 28.4 Å². The van der Waals surface area contributed by atoms with Crippen LogP contribution in [0.25, 0.3) is 16.6 Å². The molecule has 36 heavy (non-hydrogen) atoms. The zero-order chi connectivity index (χ0) is 25.7. The Morgan fingerprint density at radius 1 is 0.889 bits per heavy atom. The number of para-hydroxylation sites is 1. The average Bonchev–Trinajstić information content (AvgIpc) is 2.86. The molecule has 4 aromatic rings. The molecule has 0 spiro atoms. The molecule has 2 N–H and O–H groups in total. The lowest BCUT2D eigenvalue weighted by atomic mass is 10.1. The maximum Gasteiger partial charge on any atom is 0.336 e. The Hall–Kier alpha value is -4.46. The molecule has 0 radical (unpaired) electrons. The van der Waals surface area contributed by atoms with E-state index in [9.17, 15) is 19.2 Å². The van der Waals surface area contributed by atoms with Crippen molar-refractivity contribution in [3.63, 3.8) is 0 Å². The van der Waals surface area contributed by atoms with Crippen LogP contribution in [0.5, 0.6) is 0 Å². The summed E-state index contributed by atoms with van der Waals surface area (Å²) in [5, 5.41) is 5.96. The molecular formula is C28H28N4O4. The van der Waals surface area contributed by atoms with Gasteiger partial charge in [-0.1, -0.05) is 43.3 Å². The van der Waals surface area contributed by atoms with Crippen LogP contribution in [0.2, 0.25) is 0 Å². The fraction of sp³-hybridized carbons (Fsp3) is 0.214. The maximum atomic E-state index is 13.5. The van der Waals surface area contributed by atoms with E-state index in [1.807, 2.05) is 32.0 Å². The second-order valence-electron chi connectivity index (χ2n) is 8.64. The highest BCUT2D eigenvalue weighted by Crippen LogP contribution is 2.13. The summed E-state index contributed by atoms with van der Waals surface area (Å²) >= 11 is 0. The number of fused-ring (bicyclic) bond motifs is 1. The van der Waals surface area contributed by atoms with E-state index in [-0.39, 0.29) is 24.8 Å². The van der Waals surface area contributed by atoms with Crippen LogP contribution in [-0.4, -0.2) is 27.5 Å². The standard InChI is InChI=1S/C28H28N4O4/c1-3-15-29-25(33)17-20-11-13-22(14-12-20)32-27(35)23-9-4-5-10-24(23)31(28(32)36)18-26(34)30-21-8-6-7-19(2)16-21/h4-14,16H,3,15,17-18H2,1-2H3,(H,29,33)(H,30,34). The highest BCUT2D eigenvalue weighted by molar-refractivity contribution is 5.91. The molecule has 1 heterocycles. The number of carbonyl (C=O) groups excluding carboxylic acids is 2. The van der Waals surface area contributed by atoms with E-state index < -0.39 is 11.2 Å². The molecule has 0 saturated carbocycles. The number of amides is 2. The van der Waals surface area contributed by atoms with Gasteiger partial charge in [-0.2, -0.15) is 0 Å². The van der Waals surface area contributed by atoms with Crippen molar-refractivity contribution in [3.05, 3.63) is 105 Å². The predicted molar refractivity (Wildman–Crippen MR) is 141 cm³/mol. The van der Waals surface area contributed by atoms with Crippen LogP contribution >= 0.6 is 0 Å². The first-order valence-electron chi connectivity index (χ1n) is 11.8. The van der Waals surface area contributed by atoms with E-state index in [0.717, 1.165) is 22.1 Å². The van der Waals surface area contributed by atoms with Crippen molar-refractivity contribution in [3.8, 4) is 5.69 Å². The first-order valence-corrected chi connectivity index (χ1v) is 11.8. The van der Waals surface area contributed by atoms with Gasteiger partial charge in [-0.25, -0.2) is 9.36 Å². The number of nitrogens with zero attached hydrogens (tertiary/aromatic N) is 2. The van der Waals surface area contributed by atoms with Gasteiger partial charge in [-0.15, -0.1) is 0 Å². The molecule has 1 aromatic heterocycles. The third kappa shape index (κ3) is 5.43. The second kappa shape index (κ2) is 10.9. The fourth-order valence-electron chi connectivity index (χ4n) is 4.04. The Balaban J connectivity index is 1.69. The van der Waals surface area contributed by atoms with Crippen molar-refractivity contribution < 1.29 is 9.59 Å². The number of carbonyl (C=O) groups is 2. The van der Waals surface area contributed by atoms with Gasteiger partial charge in [0.05, 0.1) is 23.0 Å². The van der Waals surface area contributed by atoms with Gasteiger partial charge in [0.25, 0.3) is 5.56 Å². The highest BCUT2D eigenvalue weighted by atomic mass is 16.2. The summed E-state index contributed by atoms with van der Waals surface area (Å²) in [7, 11) is 0. The quantitative estimate of drug-likeness (QED) is 0.401. The van der Waals surface area contributed by atoms with Crippen LogP contribution in [0.1, 0.15) is 24.5 Å². The minimum absolute atomic E-state index is 0.0885. The molecule has 8 nitrogen and oxygen atoms in total. The van der Waals surface area contributed by atoms with Gasteiger partial charge < -0.3 is 10.6 Å². The number of nitrogens with one attached hydrogen (secondary N) is 2. The molecule has 0 fully saturated rings. The summed E-state index contributed by atoms with van der Waals surface area (Å²) < 4.78 is 2.36. The lowest BCUT2D eigenvalue weighted by Gasteiger charge is -2.14. The van der Waals surface area contributed by atoms with E-state index >= 15 is 0 Å². The summed E-state index contributed by atoms with van der Waals surface area (Å²) in [6, 6.07) is 20.8. The predicted octanol–water partition coefficient (Wildman–Crippen LogP) is 3.17. The number of anilines is 1. The molecule has 184 valence electrons. The number of benzene rings is 3. The Bertz CT molecular complexity index is 1530. The summed E-state index contributed by atoms with van der Waals surface area (Å²) in [5.41, 5.74) is 2.04. The Labute approximate surface area is 208 Å². The van der Waals surface area contributed by atoms with E-state index in [0.29, 0.717) is 28.8 Å². The summed E-state index contributed by atoms with van der Waals surface area (Å²) in [5.74, 6) is -0.471. The molecule has 0 aliphatic rings. The van der Waals surface area contributed by atoms with Crippen molar-refractivity contribution in [2.45, 2.75) is 33.2 Å². The lowest BCUT2D eigenvalue weighted by Crippen LogP contribution is -2.40. The molecule has 0 saturated heterocycles. The zero-order valence-electron chi connectivity index (χ0n) is 20.3. The van der Waals surface area contributed by atoms with Gasteiger partial charge in [0.2, 0.25) is 11.8 Å².